The lowest BCUT2D eigenvalue weighted by Crippen LogP contribution is -2.27. The average Bonchev–Trinajstić information content (AvgIpc) is 2.72. The highest BCUT2D eigenvalue weighted by Gasteiger charge is 2.36. The lowest BCUT2D eigenvalue weighted by Gasteiger charge is -2.14. The standard InChI is InChI=1S/C20H16F3N3O4/c1-29-14-6-7-25-12(8-14)10-30-13-4-2-11(3-5-13)15-9-16(18(24)27)19(28)26-17(15)20(21,22)23/h2-9H,10H2,1H3,(H2,24,27)(H,26,28). The summed E-state index contributed by atoms with van der Waals surface area (Å²) in [5.41, 5.74) is 2.38. The van der Waals surface area contributed by atoms with E-state index >= 15 is 0 Å². The number of amides is 1. The molecule has 2 heterocycles. The highest BCUT2D eigenvalue weighted by atomic mass is 19.4. The molecule has 0 aliphatic heterocycles. The molecule has 0 radical (unpaired) electrons. The number of nitrogens with zero attached hydrogens (tertiary/aromatic N) is 1. The summed E-state index contributed by atoms with van der Waals surface area (Å²) in [6.07, 6.45) is -3.27. The first-order valence-corrected chi connectivity index (χ1v) is 8.55. The largest absolute Gasteiger partial charge is 0.497 e. The molecule has 0 aliphatic rings. The molecule has 156 valence electrons. The number of benzene rings is 1. The van der Waals surface area contributed by atoms with Crippen molar-refractivity contribution in [2.45, 2.75) is 12.8 Å². The zero-order valence-corrected chi connectivity index (χ0v) is 15.6. The van der Waals surface area contributed by atoms with Crippen molar-refractivity contribution in [3.8, 4) is 22.6 Å². The molecule has 7 nitrogen and oxygen atoms in total. The Kier molecular flexibility index (Phi) is 5.77. The van der Waals surface area contributed by atoms with Gasteiger partial charge in [0, 0.05) is 17.8 Å². The molecule has 30 heavy (non-hydrogen) atoms. The Hall–Kier alpha value is -3.82. The van der Waals surface area contributed by atoms with Crippen molar-refractivity contribution < 1.29 is 27.4 Å². The number of methoxy groups -OCH3 is 1. The fourth-order valence-corrected chi connectivity index (χ4v) is 2.71. The molecule has 0 fully saturated rings. The number of H-pyrrole nitrogens is 1. The van der Waals surface area contributed by atoms with Crippen molar-refractivity contribution in [1.82, 2.24) is 9.97 Å². The smallest absolute Gasteiger partial charge is 0.431 e. The fraction of sp³-hybridized carbons (Fsp3) is 0.150. The number of halogens is 3. The summed E-state index contributed by atoms with van der Waals surface area (Å²) in [5.74, 6) is -0.129. The van der Waals surface area contributed by atoms with E-state index in [2.05, 4.69) is 4.98 Å². The number of alkyl halides is 3. The Labute approximate surface area is 168 Å². The molecule has 0 saturated heterocycles. The van der Waals surface area contributed by atoms with Crippen LogP contribution in [0.25, 0.3) is 11.1 Å². The predicted octanol–water partition coefficient (Wildman–Crippen LogP) is 3.14. The van der Waals surface area contributed by atoms with Crippen LogP contribution in [-0.4, -0.2) is 23.0 Å². The average molecular weight is 419 g/mol. The van der Waals surface area contributed by atoms with E-state index in [-0.39, 0.29) is 17.7 Å². The molecular weight excluding hydrogens is 403 g/mol. The van der Waals surface area contributed by atoms with Crippen LogP contribution < -0.4 is 20.8 Å². The highest BCUT2D eigenvalue weighted by molar-refractivity contribution is 5.94. The van der Waals surface area contributed by atoms with Crippen LogP contribution in [0.2, 0.25) is 0 Å². The molecule has 0 bridgehead atoms. The third-order valence-electron chi connectivity index (χ3n) is 4.17. The van der Waals surface area contributed by atoms with E-state index < -0.39 is 28.9 Å². The third-order valence-corrected chi connectivity index (χ3v) is 4.17. The van der Waals surface area contributed by atoms with Crippen molar-refractivity contribution in [3.05, 3.63) is 76.0 Å². The molecule has 2 aromatic heterocycles. The van der Waals surface area contributed by atoms with Gasteiger partial charge in [-0.25, -0.2) is 0 Å². The van der Waals surface area contributed by atoms with E-state index in [0.29, 0.717) is 17.2 Å². The molecule has 1 aromatic carbocycles. The van der Waals surface area contributed by atoms with E-state index in [0.717, 1.165) is 6.07 Å². The quantitative estimate of drug-likeness (QED) is 0.638. The molecule has 3 N–H and O–H groups in total. The fourth-order valence-electron chi connectivity index (χ4n) is 2.71. The summed E-state index contributed by atoms with van der Waals surface area (Å²) in [4.78, 5) is 28.9. The number of hydrogen-bond donors (Lipinski definition) is 2. The number of nitrogens with one attached hydrogen (secondary N) is 1. The summed E-state index contributed by atoms with van der Waals surface area (Å²) >= 11 is 0. The maximum Gasteiger partial charge on any atom is 0.431 e. The predicted molar refractivity (Wildman–Crippen MR) is 101 cm³/mol. The Morgan fingerprint density at radius 2 is 1.83 bits per heavy atom. The number of carbonyl (C=O) groups is 1. The van der Waals surface area contributed by atoms with Crippen molar-refractivity contribution >= 4 is 5.91 Å². The molecular formula is C20H16F3N3O4. The first-order valence-electron chi connectivity index (χ1n) is 8.55. The van der Waals surface area contributed by atoms with Gasteiger partial charge in [-0.2, -0.15) is 13.2 Å². The SMILES string of the molecule is COc1ccnc(COc2ccc(-c3cc(C(N)=O)c(=O)[nH]c3C(F)(F)F)cc2)c1. The monoisotopic (exact) mass is 419 g/mol. The van der Waals surface area contributed by atoms with Gasteiger partial charge in [0.2, 0.25) is 0 Å². The van der Waals surface area contributed by atoms with E-state index in [1.165, 1.54) is 31.4 Å². The van der Waals surface area contributed by atoms with Crippen molar-refractivity contribution in [2.75, 3.05) is 7.11 Å². The van der Waals surface area contributed by atoms with Crippen molar-refractivity contribution in [2.24, 2.45) is 5.73 Å². The number of ether oxygens (including phenoxy) is 2. The van der Waals surface area contributed by atoms with Crippen LogP contribution >= 0.6 is 0 Å². The van der Waals surface area contributed by atoms with Gasteiger partial charge in [0.1, 0.15) is 29.4 Å². The topological polar surface area (TPSA) is 107 Å². The van der Waals surface area contributed by atoms with Gasteiger partial charge in [0.15, 0.2) is 0 Å². The van der Waals surface area contributed by atoms with Crippen LogP contribution in [0.15, 0.2) is 53.5 Å². The number of rotatable bonds is 6. The lowest BCUT2D eigenvalue weighted by atomic mass is 10.0. The number of pyridine rings is 2. The number of primary amides is 1. The van der Waals surface area contributed by atoms with Gasteiger partial charge in [-0.15, -0.1) is 0 Å². The second-order valence-corrected chi connectivity index (χ2v) is 6.16. The Bertz CT molecular complexity index is 1130. The van der Waals surface area contributed by atoms with Crippen LogP contribution in [0.5, 0.6) is 11.5 Å². The third kappa shape index (κ3) is 4.59. The first-order chi connectivity index (χ1) is 14.2. The van der Waals surface area contributed by atoms with Crippen molar-refractivity contribution in [3.63, 3.8) is 0 Å². The maximum atomic E-state index is 13.4. The molecule has 10 heteroatoms. The lowest BCUT2D eigenvalue weighted by molar-refractivity contribution is -0.140. The van der Waals surface area contributed by atoms with Gasteiger partial charge >= 0.3 is 6.18 Å². The van der Waals surface area contributed by atoms with E-state index in [4.69, 9.17) is 15.2 Å². The van der Waals surface area contributed by atoms with Gasteiger partial charge < -0.3 is 20.2 Å². The van der Waals surface area contributed by atoms with Crippen LogP contribution in [0.1, 0.15) is 21.7 Å². The van der Waals surface area contributed by atoms with Crippen LogP contribution in [0.4, 0.5) is 13.2 Å². The molecule has 0 unspecified atom stereocenters. The molecule has 1 amide bonds. The van der Waals surface area contributed by atoms with E-state index in [1.54, 1.807) is 23.3 Å². The minimum Gasteiger partial charge on any atom is -0.497 e. The second kappa shape index (κ2) is 8.27. The maximum absolute atomic E-state index is 13.4. The Balaban J connectivity index is 1.89. The Morgan fingerprint density at radius 3 is 2.43 bits per heavy atom. The minimum absolute atomic E-state index is 0.118. The number of aromatic nitrogens is 2. The summed E-state index contributed by atoms with van der Waals surface area (Å²) in [7, 11) is 1.52. The number of hydrogen-bond acceptors (Lipinski definition) is 5. The van der Waals surface area contributed by atoms with E-state index in [9.17, 15) is 22.8 Å². The number of carbonyl (C=O) groups excluding carboxylic acids is 1. The Morgan fingerprint density at radius 1 is 1.13 bits per heavy atom. The van der Waals surface area contributed by atoms with Crippen LogP contribution in [-0.2, 0) is 12.8 Å². The molecule has 3 aromatic rings. The van der Waals surface area contributed by atoms with Gasteiger partial charge in [-0.3, -0.25) is 14.6 Å². The molecule has 0 atom stereocenters. The van der Waals surface area contributed by atoms with Crippen LogP contribution in [0.3, 0.4) is 0 Å². The summed E-state index contributed by atoms with van der Waals surface area (Å²) < 4.78 is 50.8. The van der Waals surface area contributed by atoms with Crippen molar-refractivity contribution in [1.29, 1.82) is 0 Å². The van der Waals surface area contributed by atoms with Gasteiger partial charge in [0.25, 0.3) is 11.5 Å². The highest BCUT2D eigenvalue weighted by Crippen LogP contribution is 2.35. The number of aromatic amines is 1. The molecule has 0 saturated carbocycles. The summed E-state index contributed by atoms with van der Waals surface area (Å²) in [5, 5.41) is 0. The molecule has 3 rings (SSSR count). The normalized spacial score (nSPS) is 11.2. The number of nitrogens with two attached hydrogens (primary N) is 1. The van der Waals surface area contributed by atoms with E-state index in [1.807, 2.05) is 0 Å². The first kappa shape index (κ1) is 20.9. The zero-order chi connectivity index (χ0) is 21.9. The second-order valence-electron chi connectivity index (χ2n) is 6.16. The summed E-state index contributed by atoms with van der Waals surface area (Å²) in [6, 6.07) is 9.89. The summed E-state index contributed by atoms with van der Waals surface area (Å²) in [6.45, 7) is 0.120. The van der Waals surface area contributed by atoms with Gasteiger partial charge in [-0.05, 0) is 29.8 Å². The molecule has 0 spiro atoms. The minimum atomic E-state index is -4.84. The van der Waals surface area contributed by atoms with Gasteiger partial charge in [0.05, 0.1) is 12.8 Å². The molecule has 0 aliphatic carbocycles. The zero-order valence-electron chi connectivity index (χ0n) is 15.6. The van der Waals surface area contributed by atoms with Gasteiger partial charge in [-0.1, -0.05) is 12.1 Å². The van der Waals surface area contributed by atoms with Crippen LogP contribution in [0, 0.1) is 0 Å².